The normalized spacial score (nSPS) is 8.62. The molecule has 0 amide bonds. The van der Waals surface area contributed by atoms with Gasteiger partial charge in [0.05, 0.1) is 11.9 Å². The summed E-state index contributed by atoms with van der Waals surface area (Å²) in [6.07, 6.45) is 0. The molecule has 0 unspecified atom stereocenters. The second-order valence-electron chi connectivity index (χ2n) is 2.12. The Labute approximate surface area is 88.5 Å². The zero-order chi connectivity index (χ0) is 9.14. The van der Waals surface area contributed by atoms with Gasteiger partial charge in [0.25, 0.3) is 0 Å². The minimum Gasteiger partial charge on any atom is -0.545 e. The number of rotatable bonds is 2. The van der Waals surface area contributed by atoms with Gasteiger partial charge in [0.15, 0.2) is 0 Å². The summed E-state index contributed by atoms with van der Waals surface area (Å²) in [6, 6.07) is 5.14. The average molecular weight is 359 g/mol. The molecular weight excluding hydrogens is 355 g/mol. The van der Waals surface area contributed by atoms with Crippen LogP contribution in [0.25, 0.3) is 0 Å². The first-order valence-electron chi connectivity index (χ1n) is 3.14. The third-order valence-electron chi connectivity index (χ3n) is 1.37. The Morgan fingerprint density at radius 2 is 1.23 bits per heavy atom. The van der Waals surface area contributed by atoms with Crippen LogP contribution in [0.5, 0.6) is 0 Å². The van der Waals surface area contributed by atoms with Crippen LogP contribution in [0.3, 0.4) is 0 Å². The van der Waals surface area contributed by atoms with Gasteiger partial charge in [-0.1, -0.05) is 24.3 Å². The van der Waals surface area contributed by atoms with Crippen molar-refractivity contribution in [1.82, 2.24) is 0 Å². The number of hydrogen-bond donors (Lipinski definition) is 0. The molecule has 1 aromatic rings. The average Bonchev–Trinajstić information content (AvgIpc) is 2.04. The van der Waals surface area contributed by atoms with Gasteiger partial charge < -0.3 is 19.8 Å². The molecular formula is C8H4O4Pt. The minimum absolute atomic E-state index is 0. The van der Waals surface area contributed by atoms with Crippen LogP contribution >= 0.6 is 0 Å². The van der Waals surface area contributed by atoms with Crippen LogP contribution in [-0.2, 0) is 21.1 Å². The molecule has 0 saturated carbocycles. The summed E-state index contributed by atoms with van der Waals surface area (Å²) in [5, 5.41) is 20.6. The van der Waals surface area contributed by atoms with E-state index < -0.39 is 11.9 Å². The van der Waals surface area contributed by atoms with E-state index in [1.54, 1.807) is 0 Å². The molecule has 0 aliphatic rings. The number of carbonyl (C=O) groups excluding carboxylic acids is 2. The summed E-state index contributed by atoms with van der Waals surface area (Å²) in [7, 11) is 0. The Kier molecular flexibility index (Phi) is 4.35. The van der Waals surface area contributed by atoms with E-state index >= 15 is 0 Å². The maximum Gasteiger partial charge on any atom is 2.00 e. The van der Waals surface area contributed by atoms with Gasteiger partial charge in [-0.2, -0.15) is 0 Å². The third kappa shape index (κ3) is 2.67. The Morgan fingerprint density at radius 3 is 1.46 bits per heavy atom. The van der Waals surface area contributed by atoms with Crippen LogP contribution in [-0.4, -0.2) is 11.9 Å². The summed E-state index contributed by atoms with van der Waals surface area (Å²) in [5.41, 5.74) is -0.727. The predicted octanol–water partition coefficient (Wildman–Crippen LogP) is -1.59. The van der Waals surface area contributed by atoms with Gasteiger partial charge in [0.1, 0.15) is 0 Å². The van der Waals surface area contributed by atoms with Crippen LogP contribution in [0.1, 0.15) is 20.7 Å². The number of carboxylic acid groups (broad SMARTS) is 2. The van der Waals surface area contributed by atoms with E-state index in [1.165, 1.54) is 12.1 Å². The molecule has 0 heterocycles. The SMILES string of the molecule is O=C([O-])c1ccccc1C(=O)[O-].[Pt+2]. The smallest absolute Gasteiger partial charge is 0.545 e. The molecule has 0 saturated heterocycles. The van der Waals surface area contributed by atoms with Crippen molar-refractivity contribution in [3.05, 3.63) is 35.4 Å². The Bertz CT molecular complexity index is 302. The van der Waals surface area contributed by atoms with Crippen molar-refractivity contribution in [1.29, 1.82) is 0 Å². The topological polar surface area (TPSA) is 80.3 Å². The predicted molar refractivity (Wildman–Crippen MR) is 35.1 cm³/mol. The number of hydrogen-bond acceptors (Lipinski definition) is 4. The first-order chi connectivity index (χ1) is 5.63. The summed E-state index contributed by atoms with van der Waals surface area (Å²) >= 11 is 0. The summed E-state index contributed by atoms with van der Waals surface area (Å²) < 4.78 is 0. The van der Waals surface area contributed by atoms with Gasteiger partial charge in [0.2, 0.25) is 0 Å². The van der Waals surface area contributed by atoms with Crippen molar-refractivity contribution in [2.75, 3.05) is 0 Å². The van der Waals surface area contributed by atoms with Crippen LogP contribution in [0.15, 0.2) is 24.3 Å². The maximum absolute atomic E-state index is 10.3. The van der Waals surface area contributed by atoms with E-state index in [4.69, 9.17) is 0 Å². The maximum atomic E-state index is 10.3. The van der Waals surface area contributed by atoms with E-state index in [1.807, 2.05) is 0 Å². The Balaban J connectivity index is 0.00000144. The molecule has 0 aromatic heterocycles. The van der Waals surface area contributed by atoms with E-state index in [2.05, 4.69) is 0 Å². The van der Waals surface area contributed by atoms with E-state index in [9.17, 15) is 19.8 Å². The molecule has 0 aliphatic heterocycles. The van der Waals surface area contributed by atoms with Crippen molar-refractivity contribution >= 4 is 11.9 Å². The number of aromatic carboxylic acids is 2. The van der Waals surface area contributed by atoms with Gasteiger partial charge in [-0.25, -0.2) is 0 Å². The number of carbonyl (C=O) groups is 2. The monoisotopic (exact) mass is 359 g/mol. The molecule has 0 bridgehead atoms. The number of benzene rings is 1. The van der Waals surface area contributed by atoms with Crippen molar-refractivity contribution in [2.24, 2.45) is 0 Å². The summed E-state index contributed by atoms with van der Waals surface area (Å²) in [4.78, 5) is 20.6. The zero-order valence-corrected chi connectivity index (χ0v) is 8.53. The van der Waals surface area contributed by atoms with Gasteiger partial charge >= 0.3 is 21.1 Å². The van der Waals surface area contributed by atoms with Crippen molar-refractivity contribution in [2.45, 2.75) is 0 Å². The molecule has 0 N–H and O–H groups in total. The van der Waals surface area contributed by atoms with Gasteiger partial charge in [0, 0.05) is 11.1 Å². The second-order valence-corrected chi connectivity index (χ2v) is 2.12. The quantitative estimate of drug-likeness (QED) is 0.638. The standard InChI is InChI=1S/C8H6O4.Pt/c9-7(10)5-3-1-2-4-6(5)8(11)12;/h1-4H,(H,9,10)(H,11,12);/q;+2/p-2. The molecule has 1 rings (SSSR count). The molecule has 0 aliphatic carbocycles. The molecule has 5 heteroatoms. The van der Waals surface area contributed by atoms with Crippen LogP contribution in [0.4, 0.5) is 0 Å². The first kappa shape index (κ1) is 11.8. The van der Waals surface area contributed by atoms with Gasteiger partial charge in [-0.15, -0.1) is 0 Å². The first-order valence-corrected chi connectivity index (χ1v) is 3.14. The van der Waals surface area contributed by atoms with Crippen molar-refractivity contribution < 1.29 is 40.9 Å². The summed E-state index contributed by atoms with van der Waals surface area (Å²) in [5.74, 6) is -3.04. The molecule has 13 heavy (non-hydrogen) atoms. The molecule has 4 nitrogen and oxygen atoms in total. The molecule has 1 aromatic carbocycles. The molecule has 0 fully saturated rings. The van der Waals surface area contributed by atoms with Crippen LogP contribution in [0.2, 0.25) is 0 Å². The van der Waals surface area contributed by atoms with Crippen LogP contribution in [0, 0.1) is 0 Å². The van der Waals surface area contributed by atoms with Crippen molar-refractivity contribution in [3.63, 3.8) is 0 Å². The van der Waals surface area contributed by atoms with Crippen molar-refractivity contribution in [3.8, 4) is 0 Å². The molecule has 0 spiro atoms. The Morgan fingerprint density at radius 1 is 0.923 bits per heavy atom. The number of carboxylic acids is 2. The minimum atomic E-state index is -1.52. The van der Waals surface area contributed by atoms with Crippen LogP contribution < -0.4 is 10.2 Å². The largest absolute Gasteiger partial charge is 2.00 e. The van der Waals surface area contributed by atoms with Gasteiger partial charge in [-0.3, -0.25) is 0 Å². The van der Waals surface area contributed by atoms with E-state index in [-0.39, 0.29) is 32.2 Å². The van der Waals surface area contributed by atoms with E-state index in [0.29, 0.717) is 0 Å². The zero-order valence-electron chi connectivity index (χ0n) is 6.26. The third-order valence-corrected chi connectivity index (χ3v) is 1.37. The van der Waals surface area contributed by atoms with Gasteiger partial charge in [-0.05, 0) is 0 Å². The fraction of sp³-hybridized carbons (Fsp3) is 0. The molecule has 0 atom stereocenters. The fourth-order valence-electron chi connectivity index (χ4n) is 0.839. The fourth-order valence-corrected chi connectivity index (χ4v) is 0.839. The molecule has 0 radical (unpaired) electrons. The Hall–Kier alpha value is -1.15. The van der Waals surface area contributed by atoms with E-state index in [0.717, 1.165) is 12.1 Å². The second kappa shape index (κ2) is 4.77. The molecule has 70 valence electrons. The summed E-state index contributed by atoms with van der Waals surface area (Å²) in [6.45, 7) is 0.